The van der Waals surface area contributed by atoms with Crippen molar-refractivity contribution in [1.29, 1.82) is 0 Å². The third-order valence-electron chi connectivity index (χ3n) is 9.48. The van der Waals surface area contributed by atoms with Crippen LogP contribution in [-0.4, -0.2) is 82.0 Å². The monoisotopic (exact) mass is 735 g/mol. The lowest BCUT2D eigenvalue weighted by Gasteiger charge is -2.28. The molecule has 53 heavy (non-hydrogen) atoms. The summed E-state index contributed by atoms with van der Waals surface area (Å²) in [6.45, 7) is 19.6. The number of benzene rings is 2. The first-order valence-corrected chi connectivity index (χ1v) is 18.9. The molecule has 2 amide bonds. The number of rotatable bonds is 12. The molecule has 2 aliphatic rings. The quantitative estimate of drug-likeness (QED) is 0.171. The zero-order chi connectivity index (χ0) is 39.1. The minimum atomic E-state index is -0.961. The van der Waals surface area contributed by atoms with Crippen LogP contribution in [0.25, 0.3) is 0 Å². The number of carboxylic acid groups (broad SMARTS) is 1. The molecule has 0 saturated carbocycles. The Morgan fingerprint density at radius 3 is 1.45 bits per heavy atom. The van der Waals surface area contributed by atoms with E-state index in [1.165, 1.54) is 4.90 Å². The summed E-state index contributed by atoms with van der Waals surface area (Å²) in [5.41, 5.74) is 2.32. The molecule has 4 atom stereocenters. The van der Waals surface area contributed by atoms with Gasteiger partial charge in [-0.2, -0.15) is 0 Å². The van der Waals surface area contributed by atoms with E-state index in [0.29, 0.717) is 65.0 Å². The number of carbonyl (C=O) groups excluding carboxylic acids is 3. The van der Waals surface area contributed by atoms with Gasteiger partial charge in [-0.25, -0.2) is 9.59 Å². The number of likely N-dealkylation sites (tertiary alicyclic amines) is 2. The normalized spacial score (nSPS) is 19.1. The summed E-state index contributed by atoms with van der Waals surface area (Å²) in [7, 11) is 0. The fourth-order valence-corrected chi connectivity index (χ4v) is 7.13. The number of nitrogens with zero attached hydrogens (tertiary/aromatic N) is 2. The molecule has 2 unspecified atom stereocenters. The Hall–Kier alpha value is -4.12. The van der Waals surface area contributed by atoms with Gasteiger partial charge in [0.25, 0.3) is 0 Å². The second-order valence-corrected chi connectivity index (χ2v) is 17.7. The molecule has 4 rings (SSSR count). The summed E-state index contributed by atoms with van der Waals surface area (Å²) in [4.78, 5) is 54.4. The zero-order valence-corrected chi connectivity index (χ0v) is 33.2. The van der Waals surface area contributed by atoms with E-state index in [0.717, 1.165) is 22.3 Å². The molecule has 2 fully saturated rings. The minimum Gasteiger partial charge on any atom is -0.465 e. The van der Waals surface area contributed by atoms with Crippen molar-refractivity contribution in [3.63, 3.8) is 0 Å². The largest absolute Gasteiger partial charge is 0.465 e. The van der Waals surface area contributed by atoms with E-state index >= 15 is 0 Å². The van der Waals surface area contributed by atoms with Gasteiger partial charge in [0.15, 0.2) is 0 Å². The first kappa shape index (κ1) is 41.6. The van der Waals surface area contributed by atoms with Gasteiger partial charge in [-0.1, -0.05) is 48.5 Å². The molecule has 2 aromatic carbocycles. The molecule has 0 bridgehead atoms. The van der Waals surface area contributed by atoms with Crippen molar-refractivity contribution in [2.24, 2.45) is 23.7 Å². The number of carbonyl (C=O) groups is 4. The molecule has 0 spiro atoms. The van der Waals surface area contributed by atoms with Gasteiger partial charge in [0, 0.05) is 39.3 Å². The van der Waals surface area contributed by atoms with Crippen molar-refractivity contribution in [3.05, 3.63) is 70.8 Å². The standard InChI is InChI=1S/C42H61N3O8/c1-40(2,3)51-36(46)34(32-16-18-44(26-32)38(48)49)22-28-12-10-14-30(20-28)24-43-25-31-15-11-13-29(21-31)23-35(37(47)52-41(4,5)6)33-17-19-45(27-33)39(50)53-42(7,8)9/h10-15,20-21,32-35,43H,16-19,22-27H2,1-9H3,(H,48,49)/t32-,33-,34?,35?/m0/s1. The van der Waals surface area contributed by atoms with Gasteiger partial charge in [-0.3, -0.25) is 9.59 Å². The minimum absolute atomic E-state index is 0.0499. The van der Waals surface area contributed by atoms with Gasteiger partial charge in [-0.05, 0) is 122 Å². The smallest absolute Gasteiger partial charge is 0.410 e. The Morgan fingerprint density at radius 1 is 0.660 bits per heavy atom. The van der Waals surface area contributed by atoms with Crippen molar-refractivity contribution in [1.82, 2.24) is 15.1 Å². The average molecular weight is 736 g/mol. The van der Waals surface area contributed by atoms with Crippen LogP contribution in [-0.2, 0) is 49.7 Å². The molecule has 0 aromatic heterocycles. The maximum atomic E-state index is 13.6. The summed E-state index contributed by atoms with van der Waals surface area (Å²) in [5, 5.41) is 13.0. The predicted molar refractivity (Wildman–Crippen MR) is 203 cm³/mol. The molecule has 2 heterocycles. The predicted octanol–water partition coefficient (Wildman–Crippen LogP) is 7.23. The van der Waals surface area contributed by atoms with Gasteiger partial charge >= 0.3 is 24.1 Å². The summed E-state index contributed by atoms with van der Waals surface area (Å²) in [6.07, 6.45) is 0.978. The fraction of sp³-hybridized carbons (Fsp3) is 0.619. The summed E-state index contributed by atoms with van der Waals surface area (Å²) >= 11 is 0. The molecule has 0 radical (unpaired) electrons. The number of hydrogen-bond donors (Lipinski definition) is 2. The maximum absolute atomic E-state index is 13.6. The van der Waals surface area contributed by atoms with E-state index in [2.05, 4.69) is 23.5 Å². The molecule has 2 N–H and O–H groups in total. The first-order valence-electron chi connectivity index (χ1n) is 18.9. The summed E-state index contributed by atoms with van der Waals surface area (Å²) < 4.78 is 17.3. The molecule has 292 valence electrons. The van der Waals surface area contributed by atoms with Crippen LogP contribution < -0.4 is 5.32 Å². The molecule has 0 aliphatic carbocycles. The van der Waals surface area contributed by atoms with Crippen LogP contribution in [0, 0.1) is 23.7 Å². The number of esters is 2. The fourth-order valence-electron chi connectivity index (χ4n) is 7.13. The van der Waals surface area contributed by atoms with Crippen LogP contribution >= 0.6 is 0 Å². The number of amides is 2. The third-order valence-corrected chi connectivity index (χ3v) is 9.48. The third kappa shape index (κ3) is 13.4. The number of ether oxygens (including phenoxy) is 3. The van der Waals surface area contributed by atoms with Crippen molar-refractivity contribution >= 4 is 24.1 Å². The molecular weight excluding hydrogens is 674 g/mol. The second-order valence-electron chi connectivity index (χ2n) is 17.7. The molecule has 2 aliphatic heterocycles. The van der Waals surface area contributed by atoms with Crippen LogP contribution in [0.15, 0.2) is 48.5 Å². The Bertz CT molecular complexity index is 1590. The lowest BCUT2D eigenvalue weighted by atomic mass is 9.85. The lowest BCUT2D eigenvalue weighted by Crippen LogP contribution is -2.38. The number of nitrogens with one attached hydrogen (secondary N) is 1. The van der Waals surface area contributed by atoms with E-state index < -0.39 is 34.7 Å². The van der Waals surface area contributed by atoms with E-state index in [4.69, 9.17) is 14.2 Å². The van der Waals surface area contributed by atoms with Crippen molar-refractivity contribution in [2.75, 3.05) is 26.2 Å². The Kier molecular flexibility index (Phi) is 13.6. The first-order chi connectivity index (χ1) is 24.7. The van der Waals surface area contributed by atoms with Gasteiger partial charge in [0.2, 0.25) is 0 Å². The lowest BCUT2D eigenvalue weighted by molar-refractivity contribution is -0.163. The highest BCUT2D eigenvalue weighted by Gasteiger charge is 2.40. The highest BCUT2D eigenvalue weighted by Crippen LogP contribution is 2.32. The van der Waals surface area contributed by atoms with Gasteiger partial charge < -0.3 is 34.4 Å². The van der Waals surface area contributed by atoms with Crippen LogP contribution in [0.3, 0.4) is 0 Å². The Morgan fingerprint density at radius 2 is 1.06 bits per heavy atom. The molecular formula is C42H61N3O8. The van der Waals surface area contributed by atoms with E-state index in [-0.39, 0.29) is 29.9 Å². The molecule has 2 saturated heterocycles. The maximum Gasteiger partial charge on any atom is 0.410 e. The van der Waals surface area contributed by atoms with E-state index in [1.807, 2.05) is 92.6 Å². The van der Waals surface area contributed by atoms with Crippen LogP contribution in [0.4, 0.5) is 9.59 Å². The van der Waals surface area contributed by atoms with Crippen molar-refractivity contribution < 1.29 is 38.5 Å². The van der Waals surface area contributed by atoms with Gasteiger partial charge in [0.1, 0.15) is 16.8 Å². The Labute approximate surface area is 315 Å². The van der Waals surface area contributed by atoms with Gasteiger partial charge in [-0.15, -0.1) is 0 Å². The van der Waals surface area contributed by atoms with Crippen molar-refractivity contribution in [2.45, 2.75) is 118 Å². The summed E-state index contributed by atoms with van der Waals surface area (Å²) in [6, 6.07) is 16.4. The second kappa shape index (κ2) is 17.3. The molecule has 2 aromatic rings. The molecule has 11 nitrogen and oxygen atoms in total. The number of hydrogen-bond acceptors (Lipinski definition) is 8. The van der Waals surface area contributed by atoms with Crippen LogP contribution in [0.1, 0.15) is 97.4 Å². The van der Waals surface area contributed by atoms with E-state index in [9.17, 15) is 24.3 Å². The van der Waals surface area contributed by atoms with Gasteiger partial charge in [0.05, 0.1) is 11.8 Å². The summed E-state index contributed by atoms with van der Waals surface area (Å²) in [5.74, 6) is -1.56. The van der Waals surface area contributed by atoms with Crippen LogP contribution in [0.5, 0.6) is 0 Å². The zero-order valence-electron chi connectivity index (χ0n) is 33.2. The van der Waals surface area contributed by atoms with E-state index in [1.54, 1.807) is 4.90 Å². The van der Waals surface area contributed by atoms with Crippen LogP contribution in [0.2, 0.25) is 0 Å². The topological polar surface area (TPSA) is 135 Å². The Balaban J connectivity index is 1.40. The highest BCUT2D eigenvalue weighted by molar-refractivity contribution is 5.75. The SMILES string of the molecule is CC(C)(C)OC(=O)C(Cc1cccc(CNCc2cccc(CC(C(=O)OC(C)(C)C)[C@H]3CCN(C(=O)OC(C)(C)C)C3)c2)c1)[C@H]1CCN(C(=O)O)C1. The van der Waals surface area contributed by atoms with Crippen molar-refractivity contribution in [3.8, 4) is 0 Å². The highest BCUT2D eigenvalue weighted by atomic mass is 16.6. The average Bonchev–Trinajstić information content (AvgIpc) is 3.72. The molecule has 11 heteroatoms.